The van der Waals surface area contributed by atoms with E-state index in [2.05, 4.69) is 76.4 Å². The Labute approximate surface area is 333 Å². The van der Waals surface area contributed by atoms with Gasteiger partial charge in [-0.05, 0) is 135 Å². The summed E-state index contributed by atoms with van der Waals surface area (Å²) in [6.45, 7) is 14.1. The van der Waals surface area contributed by atoms with Crippen molar-refractivity contribution in [3.8, 4) is 0 Å². The summed E-state index contributed by atoms with van der Waals surface area (Å²) in [5.41, 5.74) is 5.55. The maximum atomic E-state index is 13.1. The largest absolute Gasteiger partial charge is 0.444 e. The number of H-pyrrole nitrogens is 1. The smallest absolute Gasteiger partial charge is 0.410 e. The third-order valence-electron chi connectivity index (χ3n) is 7.59. The van der Waals surface area contributed by atoms with Gasteiger partial charge in [-0.2, -0.15) is 10.2 Å². The van der Waals surface area contributed by atoms with E-state index in [9.17, 15) is 18.4 Å². The van der Waals surface area contributed by atoms with Gasteiger partial charge in [-0.3, -0.25) is 9.78 Å². The molecule has 4 aromatic rings. The van der Waals surface area contributed by atoms with Crippen molar-refractivity contribution in [1.29, 1.82) is 0 Å². The van der Waals surface area contributed by atoms with Crippen LogP contribution >= 0.6 is 61.1 Å². The molecule has 1 N–H and O–H groups in total. The molecule has 4 heterocycles. The molecule has 0 aliphatic carbocycles. The molecule has 276 valence electrons. The molecular formula is C36H43BrF2I2N6O4. The molecule has 15 heteroatoms. The zero-order valence-corrected chi connectivity index (χ0v) is 35.4. The second kappa shape index (κ2) is 17.8. The molecule has 51 heavy (non-hydrogen) atoms. The minimum atomic E-state index is -0.514. The van der Waals surface area contributed by atoms with Crippen LogP contribution in [0.15, 0.2) is 48.5 Å². The van der Waals surface area contributed by atoms with E-state index in [1.165, 1.54) is 35.4 Å². The summed E-state index contributed by atoms with van der Waals surface area (Å²) < 4.78 is 40.0. The zero-order valence-electron chi connectivity index (χ0n) is 29.5. The number of amides is 2. The van der Waals surface area contributed by atoms with Crippen LogP contribution in [0.1, 0.15) is 75.2 Å². The summed E-state index contributed by atoms with van der Waals surface area (Å²) in [5, 5.41) is 12.5. The number of aromatic nitrogens is 4. The monoisotopic (exact) mass is 994 g/mol. The number of carbonyl (C=O) groups is 2. The van der Waals surface area contributed by atoms with Gasteiger partial charge in [-0.15, -0.1) is 0 Å². The molecule has 0 saturated carbocycles. The van der Waals surface area contributed by atoms with Crippen LogP contribution in [0.25, 0.3) is 0 Å². The number of nitrogens with one attached hydrogen (secondary N) is 1. The maximum Gasteiger partial charge on any atom is 0.410 e. The van der Waals surface area contributed by atoms with Crippen molar-refractivity contribution in [1.82, 2.24) is 29.8 Å². The van der Waals surface area contributed by atoms with Gasteiger partial charge in [0.15, 0.2) is 0 Å². The van der Waals surface area contributed by atoms with Crippen molar-refractivity contribution in [2.75, 3.05) is 13.1 Å². The molecule has 10 nitrogen and oxygen atoms in total. The van der Waals surface area contributed by atoms with Crippen molar-refractivity contribution < 1.29 is 27.8 Å². The van der Waals surface area contributed by atoms with Gasteiger partial charge in [-0.1, -0.05) is 40.2 Å². The number of hydrogen-bond acceptors (Lipinski definition) is 6. The maximum absolute atomic E-state index is 13.1. The van der Waals surface area contributed by atoms with E-state index in [0.29, 0.717) is 32.7 Å². The summed E-state index contributed by atoms with van der Waals surface area (Å²) >= 11 is 7.70. The van der Waals surface area contributed by atoms with Crippen LogP contribution in [0.3, 0.4) is 0 Å². The Balaban J connectivity index is 0.000000192. The van der Waals surface area contributed by atoms with E-state index in [1.54, 1.807) is 34.1 Å². The number of rotatable bonds is 3. The van der Waals surface area contributed by atoms with Gasteiger partial charge < -0.3 is 19.3 Å². The second-order valence-corrected chi connectivity index (χ2v) is 16.6. The number of carbonyl (C=O) groups excluding carboxylic acids is 2. The molecule has 0 atom stereocenters. The third-order valence-corrected chi connectivity index (χ3v) is 10.00. The van der Waals surface area contributed by atoms with E-state index in [-0.39, 0.29) is 23.8 Å². The second-order valence-electron chi connectivity index (χ2n) is 14.0. The predicted octanol–water partition coefficient (Wildman–Crippen LogP) is 9.00. The molecule has 6 rings (SSSR count). The summed E-state index contributed by atoms with van der Waals surface area (Å²) in [5.74, 6) is -0.434. The molecule has 2 aliphatic rings. The van der Waals surface area contributed by atoms with Gasteiger partial charge in [0.2, 0.25) is 0 Å². The van der Waals surface area contributed by atoms with E-state index in [0.717, 1.165) is 48.1 Å². The highest BCUT2D eigenvalue weighted by atomic mass is 127. The normalized spacial score (nSPS) is 13.9. The molecule has 0 saturated heterocycles. The van der Waals surface area contributed by atoms with Crippen LogP contribution in [0.5, 0.6) is 0 Å². The predicted molar refractivity (Wildman–Crippen MR) is 211 cm³/mol. The van der Waals surface area contributed by atoms with Crippen LogP contribution in [-0.4, -0.2) is 66.3 Å². The minimum absolute atomic E-state index is 0.181. The fourth-order valence-corrected chi connectivity index (χ4v) is 7.07. The summed E-state index contributed by atoms with van der Waals surface area (Å²) in [6, 6.07) is 12.8. The fraction of sp³-hybridized carbons (Fsp3) is 0.444. The highest BCUT2D eigenvalue weighted by Crippen LogP contribution is 2.26. The van der Waals surface area contributed by atoms with Crippen molar-refractivity contribution in [2.45, 2.75) is 90.6 Å². The van der Waals surface area contributed by atoms with E-state index >= 15 is 0 Å². The lowest BCUT2D eigenvalue weighted by Gasteiger charge is -2.30. The van der Waals surface area contributed by atoms with E-state index in [4.69, 9.17) is 9.47 Å². The number of fused-ring (bicyclic) bond motifs is 2. The molecule has 0 radical (unpaired) electrons. The average Bonchev–Trinajstić information content (AvgIpc) is 3.59. The lowest BCUT2D eigenvalue weighted by molar-refractivity contribution is 0.0210. The lowest BCUT2D eigenvalue weighted by atomic mass is 10.1. The Morgan fingerprint density at radius 2 is 1.27 bits per heavy atom. The quantitative estimate of drug-likeness (QED) is 0.162. The van der Waals surface area contributed by atoms with Gasteiger partial charge >= 0.3 is 12.2 Å². The van der Waals surface area contributed by atoms with Gasteiger partial charge in [0.25, 0.3) is 0 Å². The molecule has 0 spiro atoms. The summed E-state index contributed by atoms with van der Waals surface area (Å²) in [7, 11) is 0. The van der Waals surface area contributed by atoms with Crippen molar-refractivity contribution in [2.24, 2.45) is 0 Å². The molecule has 0 fully saturated rings. The summed E-state index contributed by atoms with van der Waals surface area (Å²) in [4.78, 5) is 27.7. The number of aromatic amines is 1. The Morgan fingerprint density at radius 1 is 0.784 bits per heavy atom. The molecular weight excluding hydrogens is 952 g/mol. The Kier molecular flexibility index (Phi) is 14.3. The Morgan fingerprint density at radius 3 is 1.78 bits per heavy atom. The number of hydrogen-bond donors (Lipinski definition) is 1. The van der Waals surface area contributed by atoms with Crippen molar-refractivity contribution >= 4 is 73.3 Å². The number of benzene rings is 2. The molecule has 0 bridgehead atoms. The standard InChI is InChI=1S/C18H21FIN3O2.C11H16IN3O2.C7H6BrF/c1-18(2,3)25-17(24)22-9-8-14-15(11-22)23(21-16(14)20)10-12-4-6-13(19)7-5-12;1-11(2,3)17-10(16)15-5-4-7-8(6-15)13-14-9(7)12;8-5-6-1-3-7(9)4-2-6/h4-7H,8-11H2,1-3H3;4-6H2,1-3H3,(H,13,14);1-4H,5H2. The average molecular weight is 995 g/mol. The molecule has 2 aromatic heterocycles. The number of ether oxygens (including phenoxy) is 2. The van der Waals surface area contributed by atoms with Crippen LogP contribution in [0.4, 0.5) is 18.4 Å². The zero-order chi connectivity index (χ0) is 37.5. The number of nitrogens with zero attached hydrogens (tertiary/aromatic N) is 5. The van der Waals surface area contributed by atoms with Crippen LogP contribution in [-0.2, 0) is 47.3 Å². The lowest BCUT2D eigenvalue weighted by Crippen LogP contribution is -2.40. The van der Waals surface area contributed by atoms with Crippen molar-refractivity contribution in [3.63, 3.8) is 0 Å². The first-order valence-corrected chi connectivity index (χ1v) is 19.7. The number of alkyl halides is 1. The Hall–Kier alpha value is -2.80. The Bertz CT molecular complexity index is 1790. The number of halogens is 5. The van der Waals surface area contributed by atoms with E-state index in [1.807, 2.05) is 46.2 Å². The fourth-order valence-electron chi connectivity index (χ4n) is 5.14. The topological polar surface area (TPSA) is 106 Å². The first kappa shape index (κ1) is 41.0. The van der Waals surface area contributed by atoms with Gasteiger partial charge in [0.05, 0.1) is 31.0 Å². The molecule has 2 aromatic carbocycles. The highest BCUT2D eigenvalue weighted by molar-refractivity contribution is 14.1. The van der Waals surface area contributed by atoms with Crippen LogP contribution < -0.4 is 0 Å². The van der Waals surface area contributed by atoms with Crippen LogP contribution in [0.2, 0.25) is 0 Å². The molecule has 2 amide bonds. The van der Waals surface area contributed by atoms with Crippen LogP contribution in [0, 0.1) is 19.0 Å². The van der Waals surface area contributed by atoms with Crippen molar-refractivity contribution in [3.05, 3.63) is 101 Å². The first-order chi connectivity index (χ1) is 23.9. The molecule has 0 unspecified atom stereocenters. The highest BCUT2D eigenvalue weighted by Gasteiger charge is 2.30. The summed E-state index contributed by atoms with van der Waals surface area (Å²) in [6.07, 6.45) is 1.04. The van der Waals surface area contributed by atoms with Gasteiger partial charge in [0, 0.05) is 29.5 Å². The molecule has 2 aliphatic heterocycles. The van der Waals surface area contributed by atoms with E-state index < -0.39 is 11.2 Å². The van der Waals surface area contributed by atoms with Gasteiger partial charge in [-0.25, -0.2) is 18.4 Å². The van der Waals surface area contributed by atoms with Gasteiger partial charge in [0.1, 0.15) is 30.2 Å². The minimum Gasteiger partial charge on any atom is -0.444 e. The first-order valence-electron chi connectivity index (χ1n) is 16.4. The third kappa shape index (κ3) is 12.4. The SMILES string of the molecule is CC(C)(C)OC(=O)N1CCc2c(I)n[nH]c2C1.CC(C)(C)OC(=O)N1CCc2c(I)nn(Cc3ccc(F)cc3)c2C1.Fc1ccc(CBr)cc1.